The molecule has 0 radical (unpaired) electrons. The van der Waals surface area contributed by atoms with Gasteiger partial charge >= 0.3 is 0 Å². The normalized spacial score (nSPS) is 21.2. The van der Waals surface area contributed by atoms with Gasteiger partial charge in [-0.25, -0.2) is 4.39 Å². The van der Waals surface area contributed by atoms with Crippen LogP contribution in [0.4, 0.5) is 4.39 Å². The van der Waals surface area contributed by atoms with Gasteiger partial charge in [0, 0.05) is 5.41 Å². The Bertz CT molecular complexity index is 785. The van der Waals surface area contributed by atoms with Crippen LogP contribution in [0.2, 0.25) is 0 Å². The number of amides is 1. The molecule has 1 fully saturated rings. The summed E-state index contributed by atoms with van der Waals surface area (Å²) in [4.78, 5) is 12.4. The Morgan fingerprint density at radius 2 is 2.33 bits per heavy atom. The molecule has 7 heteroatoms. The van der Waals surface area contributed by atoms with Crippen LogP contribution in [-0.2, 0) is 17.7 Å². The molecule has 2 aromatic rings. The lowest BCUT2D eigenvalue weighted by molar-refractivity contribution is -0.111. The van der Waals surface area contributed by atoms with Crippen molar-refractivity contribution >= 4 is 5.91 Å². The SMILES string of the molecule is CC1(Cn2cc(C(=O)NC3CCc4c(F)cccc43)nn2)COC1. The molecule has 1 aliphatic carbocycles. The third kappa shape index (κ3) is 2.69. The number of benzene rings is 1. The van der Waals surface area contributed by atoms with Crippen LogP contribution in [0.25, 0.3) is 0 Å². The first-order valence-corrected chi connectivity index (χ1v) is 8.10. The van der Waals surface area contributed by atoms with E-state index < -0.39 is 0 Å². The molecule has 6 nitrogen and oxygen atoms in total. The Morgan fingerprint density at radius 3 is 3.08 bits per heavy atom. The zero-order chi connectivity index (χ0) is 16.7. The van der Waals surface area contributed by atoms with Gasteiger partial charge in [0.25, 0.3) is 5.91 Å². The van der Waals surface area contributed by atoms with Crippen molar-refractivity contribution in [2.45, 2.75) is 32.4 Å². The average Bonchev–Trinajstić information content (AvgIpc) is 3.14. The van der Waals surface area contributed by atoms with E-state index >= 15 is 0 Å². The number of carbonyl (C=O) groups is 1. The van der Waals surface area contributed by atoms with Crippen LogP contribution >= 0.6 is 0 Å². The summed E-state index contributed by atoms with van der Waals surface area (Å²) in [5, 5.41) is 10.9. The lowest BCUT2D eigenvalue weighted by atomic mass is 9.89. The van der Waals surface area contributed by atoms with Gasteiger partial charge in [-0.2, -0.15) is 0 Å². The summed E-state index contributed by atoms with van der Waals surface area (Å²) in [6.07, 6.45) is 2.99. The van der Waals surface area contributed by atoms with Crippen LogP contribution in [0.5, 0.6) is 0 Å². The van der Waals surface area contributed by atoms with Crippen molar-refractivity contribution in [1.82, 2.24) is 20.3 Å². The van der Waals surface area contributed by atoms with E-state index in [-0.39, 0.29) is 28.9 Å². The molecule has 2 aliphatic rings. The Morgan fingerprint density at radius 1 is 1.50 bits per heavy atom. The summed E-state index contributed by atoms with van der Waals surface area (Å²) in [7, 11) is 0. The second-order valence-electron chi connectivity index (χ2n) is 6.98. The molecule has 1 unspecified atom stereocenters. The van der Waals surface area contributed by atoms with Gasteiger partial charge in [-0.15, -0.1) is 5.10 Å². The minimum absolute atomic E-state index is 0.0589. The fourth-order valence-corrected chi connectivity index (χ4v) is 3.40. The minimum Gasteiger partial charge on any atom is -0.380 e. The zero-order valence-electron chi connectivity index (χ0n) is 13.5. The van der Waals surface area contributed by atoms with Crippen LogP contribution in [0.15, 0.2) is 24.4 Å². The highest BCUT2D eigenvalue weighted by atomic mass is 19.1. The van der Waals surface area contributed by atoms with Crippen LogP contribution in [0.3, 0.4) is 0 Å². The Balaban J connectivity index is 1.44. The van der Waals surface area contributed by atoms with Gasteiger partial charge in [-0.05, 0) is 30.0 Å². The lowest BCUT2D eigenvalue weighted by Gasteiger charge is -2.37. The summed E-state index contributed by atoms with van der Waals surface area (Å²) in [5.74, 6) is -0.482. The predicted molar refractivity (Wildman–Crippen MR) is 83.9 cm³/mol. The van der Waals surface area contributed by atoms with Crippen molar-refractivity contribution in [3.63, 3.8) is 0 Å². The number of carbonyl (C=O) groups excluding carboxylic acids is 1. The third-order valence-electron chi connectivity index (χ3n) is 4.73. The molecule has 24 heavy (non-hydrogen) atoms. The Kier molecular flexibility index (Phi) is 3.60. The first-order valence-electron chi connectivity index (χ1n) is 8.10. The van der Waals surface area contributed by atoms with Gasteiger partial charge in [0.1, 0.15) is 5.82 Å². The maximum atomic E-state index is 13.8. The molecule has 2 heterocycles. The van der Waals surface area contributed by atoms with Gasteiger partial charge in [0.2, 0.25) is 0 Å². The molecule has 126 valence electrons. The zero-order valence-corrected chi connectivity index (χ0v) is 13.5. The highest BCUT2D eigenvalue weighted by Gasteiger charge is 2.34. The topological polar surface area (TPSA) is 69.0 Å². The summed E-state index contributed by atoms with van der Waals surface area (Å²) in [5.41, 5.74) is 1.89. The monoisotopic (exact) mass is 330 g/mol. The van der Waals surface area contributed by atoms with E-state index in [2.05, 4.69) is 22.6 Å². The van der Waals surface area contributed by atoms with Crippen LogP contribution < -0.4 is 5.32 Å². The summed E-state index contributed by atoms with van der Waals surface area (Å²) in [6.45, 7) is 4.17. The van der Waals surface area contributed by atoms with Crippen molar-refractivity contribution in [2.24, 2.45) is 5.41 Å². The predicted octanol–water partition coefficient (Wildman–Crippen LogP) is 1.87. The second-order valence-corrected chi connectivity index (χ2v) is 6.98. The van der Waals surface area contributed by atoms with E-state index in [1.54, 1.807) is 16.9 Å². The fourth-order valence-electron chi connectivity index (χ4n) is 3.40. The second kappa shape index (κ2) is 5.66. The molecular formula is C17H19FN4O2. The summed E-state index contributed by atoms with van der Waals surface area (Å²) >= 11 is 0. The number of hydrogen-bond acceptors (Lipinski definition) is 4. The largest absolute Gasteiger partial charge is 0.380 e. The molecule has 0 spiro atoms. The number of ether oxygens (including phenoxy) is 1. The Labute approximate surface area is 139 Å². The number of rotatable bonds is 4. The molecule has 0 saturated carbocycles. The van der Waals surface area contributed by atoms with Gasteiger partial charge in [-0.1, -0.05) is 24.3 Å². The van der Waals surface area contributed by atoms with Crippen molar-refractivity contribution in [3.05, 3.63) is 47.0 Å². The van der Waals surface area contributed by atoms with E-state index in [0.717, 1.165) is 5.56 Å². The van der Waals surface area contributed by atoms with Crippen molar-refractivity contribution in [1.29, 1.82) is 0 Å². The van der Waals surface area contributed by atoms with E-state index in [0.29, 0.717) is 38.2 Å². The Hall–Kier alpha value is -2.28. The smallest absolute Gasteiger partial charge is 0.273 e. The van der Waals surface area contributed by atoms with E-state index in [1.165, 1.54) is 6.07 Å². The molecule has 1 N–H and O–H groups in total. The van der Waals surface area contributed by atoms with E-state index in [9.17, 15) is 9.18 Å². The fraction of sp³-hybridized carbons (Fsp3) is 0.471. The first kappa shape index (κ1) is 15.3. The average molecular weight is 330 g/mol. The molecule has 1 aliphatic heterocycles. The third-order valence-corrected chi connectivity index (χ3v) is 4.73. The summed E-state index contributed by atoms with van der Waals surface area (Å²) < 4.78 is 20.7. The van der Waals surface area contributed by atoms with E-state index in [1.807, 2.05) is 6.07 Å². The van der Waals surface area contributed by atoms with Crippen molar-refractivity contribution < 1.29 is 13.9 Å². The molecular weight excluding hydrogens is 311 g/mol. The van der Waals surface area contributed by atoms with Crippen LogP contribution in [0, 0.1) is 11.2 Å². The number of halogens is 1. The summed E-state index contributed by atoms with van der Waals surface area (Å²) in [6, 6.07) is 4.83. The molecule has 1 atom stereocenters. The van der Waals surface area contributed by atoms with Crippen LogP contribution in [0.1, 0.15) is 41.0 Å². The lowest BCUT2D eigenvalue weighted by Crippen LogP contribution is -2.43. The van der Waals surface area contributed by atoms with Gasteiger partial charge in [0.05, 0.1) is 32.0 Å². The molecule has 4 rings (SSSR count). The number of fused-ring (bicyclic) bond motifs is 1. The number of hydrogen-bond donors (Lipinski definition) is 1. The standard InChI is InChI=1S/C17H19FN4O2/c1-17(9-24-10-17)8-22-7-15(20-21-22)16(23)19-14-6-5-11-12(14)3-2-4-13(11)18/h2-4,7,14H,5-6,8-10H2,1H3,(H,19,23). The first-order chi connectivity index (χ1) is 11.5. The van der Waals surface area contributed by atoms with E-state index in [4.69, 9.17) is 4.74 Å². The highest BCUT2D eigenvalue weighted by Crippen LogP contribution is 2.33. The number of nitrogens with one attached hydrogen (secondary N) is 1. The number of nitrogens with zero attached hydrogens (tertiary/aromatic N) is 3. The minimum atomic E-state index is -0.279. The van der Waals surface area contributed by atoms with Gasteiger partial charge < -0.3 is 10.1 Å². The quantitative estimate of drug-likeness (QED) is 0.929. The molecule has 1 amide bonds. The highest BCUT2D eigenvalue weighted by molar-refractivity contribution is 5.92. The number of aromatic nitrogens is 3. The maximum absolute atomic E-state index is 13.8. The van der Waals surface area contributed by atoms with Crippen molar-refractivity contribution in [2.75, 3.05) is 13.2 Å². The maximum Gasteiger partial charge on any atom is 0.273 e. The molecule has 1 aromatic carbocycles. The molecule has 1 aromatic heterocycles. The molecule has 0 bridgehead atoms. The van der Waals surface area contributed by atoms with Crippen LogP contribution in [-0.4, -0.2) is 34.1 Å². The van der Waals surface area contributed by atoms with Gasteiger partial charge in [0.15, 0.2) is 5.69 Å². The van der Waals surface area contributed by atoms with Gasteiger partial charge in [-0.3, -0.25) is 9.48 Å². The van der Waals surface area contributed by atoms with Crippen molar-refractivity contribution in [3.8, 4) is 0 Å². The molecule has 1 saturated heterocycles.